The van der Waals surface area contributed by atoms with Crippen LogP contribution in [0.1, 0.15) is 6.92 Å². The van der Waals surface area contributed by atoms with Crippen molar-refractivity contribution in [2.75, 3.05) is 12.4 Å². The fourth-order valence-electron chi connectivity index (χ4n) is 1.65. The number of hydrogen-bond donors (Lipinski definition) is 2. The molecule has 2 rings (SSSR count). The molecule has 1 heterocycles. The molecule has 0 aliphatic carbocycles. The average molecular weight is 245 g/mol. The summed E-state index contributed by atoms with van der Waals surface area (Å²) in [4.78, 5) is 11.3. The molecule has 0 fully saturated rings. The van der Waals surface area contributed by atoms with Crippen molar-refractivity contribution < 1.29 is 9.53 Å². The second-order valence-electron chi connectivity index (χ2n) is 3.94. The van der Waals surface area contributed by atoms with Crippen molar-refractivity contribution in [2.24, 2.45) is 0 Å². The number of carbonyl (C=O) groups excluding carboxylic acids is 1. The molecular formula is C13H15N3O2. The van der Waals surface area contributed by atoms with Gasteiger partial charge in [0.25, 0.3) is 0 Å². The van der Waals surface area contributed by atoms with E-state index in [-0.39, 0.29) is 12.0 Å². The van der Waals surface area contributed by atoms with Crippen LogP contribution >= 0.6 is 0 Å². The van der Waals surface area contributed by atoms with E-state index >= 15 is 0 Å². The van der Waals surface area contributed by atoms with Gasteiger partial charge in [-0.3, -0.25) is 5.10 Å². The molecule has 0 spiro atoms. The van der Waals surface area contributed by atoms with E-state index in [4.69, 9.17) is 0 Å². The van der Waals surface area contributed by atoms with Gasteiger partial charge in [-0.25, -0.2) is 4.79 Å². The Bertz CT molecular complexity index is 506. The molecule has 2 N–H and O–H groups in total. The fraction of sp³-hybridized carbons (Fsp3) is 0.231. The Balaban J connectivity index is 2.06. The molecular weight excluding hydrogens is 230 g/mol. The van der Waals surface area contributed by atoms with Gasteiger partial charge in [0.05, 0.1) is 12.8 Å². The van der Waals surface area contributed by atoms with Crippen LogP contribution in [0, 0.1) is 0 Å². The number of anilines is 1. The van der Waals surface area contributed by atoms with Crippen molar-refractivity contribution in [3.8, 4) is 11.3 Å². The van der Waals surface area contributed by atoms with Gasteiger partial charge in [0, 0.05) is 11.9 Å². The SMILES string of the molecule is COC(=O)C(C)Nc1ccc(-c2ccn[nH]2)cc1. The van der Waals surface area contributed by atoms with Gasteiger partial charge in [-0.05, 0) is 30.7 Å². The van der Waals surface area contributed by atoms with Crippen molar-refractivity contribution in [2.45, 2.75) is 13.0 Å². The highest BCUT2D eigenvalue weighted by Gasteiger charge is 2.12. The summed E-state index contributed by atoms with van der Waals surface area (Å²) in [6.07, 6.45) is 1.71. The number of methoxy groups -OCH3 is 1. The van der Waals surface area contributed by atoms with Crippen LogP contribution in [0.3, 0.4) is 0 Å². The Labute approximate surface area is 105 Å². The summed E-state index contributed by atoms with van der Waals surface area (Å²) in [5.74, 6) is -0.285. The van der Waals surface area contributed by atoms with E-state index in [0.29, 0.717) is 0 Å². The zero-order valence-corrected chi connectivity index (χ0v) is 10.3. The van der Waals surface area contributed by atoms with Crippen LogP contribution in [-0.2, 0) is 9.53 Å². The second kappa shape index (κ2) is 5.35. The molecule has 94 valence electrons. The van der Waals surface area contributed by atoms with Gasteiger partial charge >= 0.3 is 5.97 Å². The van der Waals surface area contributed by atoms with Crippen LogP contribution in [-0.4, -0.2) is 29.3 Å². The molecule has 1 aromatic carbocycles. The van der Waals surface area contributed by atoms with Gasteiger partial charge in [0.2, 0.25) is 0 Å². The van der Waals surface area contributed by atoms with Crippen molar-refractivity contribution in [3.63, 3.8) is 0 Å². The molecule has 18 heavy (non-hydrogen) atoms. The van der Waals surface area contributed by atoms with Crippen LogP contribution in [0.25, 0.3) is 11.3 Å². The number of nitrogens with one attached hydrogen (secondary N) is 2. The highest BCUT2D eigenvalue weighted by molar-refractivity contribution is 5.78. The number of nitrogens with zero attached hydrogens (tertiary/aromatic N) is 1. The van der Waals surface area contributed by atoms with Crippen LogP contribution < -0.4 is 5.32 Å². The van der Waals surface area contributed by atoms with Crippen molar-refractivity contribution in [1.29, 1.82) is 0 Å². The third kappa shape index (κ3) is 2.68. The first-order valence-electron chi connectivity index (χ1n) is 5.65. The molecule has 0 aliphatic rings. The molecule has 2 aromatic rings. The van der Waals surface area contributed by atoms with Gasteiger partial charge < -0.3 is 10.1 Å². The van der Waals surface area contributed by atoms with Gasteiger partial charge in [0.15, 0.2) is 0 Å². The minimum atomic E-state index is -0.368. The number of hydrogen-bond acceptors (Lipinski definition) is 4. The van der Waals surface area contributed by atoms with Gasteiger partial charge in [-0.2, -0.15) is 5.10 Å². The number of aromatic amines is 1. The van der Waals surface area contributed by atoms with Gasteiger partial charge in [-0.15, -0.1) is 0 Å². The largest absolute Gasteiger partial charge is 0.467 e. The maximum atomic E-state index is 11.3. The summed E-state index contributed by atoms with van der Waals surface area (Å²) >= 11 is 0. The lowest BCUT2D eigenvalue weighted by Crippen LogP contribution is -2.27. The van der Waals surface area contributed by atoms with Crippen molar-refractivity contribution in [3.05, 3.63) is 36.5 Å². The summed E-state index contributed by atoms with van der Waals surface area (Å²) in [7, 11) is 1.38. The zero-order chi connectivity index (χ0) is 13.0. The monoisotopic (exact) mass is 245 g/mol. The Morgan fingerprint density at radius 2 is 2.06 bits per heavy atom. The lowest BCUT2D eigenvalue weighted by atomic mass is 10.1. The van der Waals surface area contributed by atoms with Crippen LogP contribution in [0.4, 0.5) is 5.69 Å². The minimum absolute atomic E-state index is 0.285. The number of ether oxygens (including phenoxy) is 1. The minimum Gasteiger partial charge on any atom is -0.467 e. The third-order valence-corrected chi connectivity index (χ3v) is 2.63. The highest BCUT2D eigenvalue weighted by Crippen LogP contribution is 2.19. The first-order valence-corrected chi connectivity index (χ1v) is 5.65. The molecule has 0 saturated carbocycles. The summed E-state index contributed by atoms with van der Waals surface area (Å²) in [6, 6.07) is 9.28. The van der Waals surface area contributed by atoms with E-state index in [1.165, 1.54) is 7.11 Å². The summed E-state index contributed by atoms with van der Waals surface area (Å²) in [6.45, 7) is 1.76. The smallest absolute Gasteiger partial charge is 0.327 e. The maximum Gasteiger partial charge on any atom is 0.327 e. The number of rotatable bonds is 4. The normalized spacial score (nSPS) is 11.9. The number of H-pyrrole nitrogens is 1. The van der Waals surface area contributed by atoms with E-state index in [0.717, 1.165) is 16.9 Å². The Kier molecular flexibility index (Phi) is 3.62. The topological polar surface area (TPSA) is 67.0 Å². The summed E-state index contributed by atoms with van der Waals surface area (Å²) < 4.78 is 4.65. The van der Waals surface area contributed by atoms with Gasteiger partial charge in [-0.1, -0.05) is 12.1 Å². The first kappa shape index (κ1) is 12.2. The van der Waals surface area contributed by atoms with E-state index in [1.54, 1.807) is 13.1 Å². The summed E-state index contributed by atoms with van der Waals surface area (Å²) in [5, 5.41) is 9.86. The number of benzene rings is 1. The standard InChI is InChI=1S/C13H15N3O2/c1-9(13(17)18-2)15-11-5-3-10(4-6-11)12-7-8-14-16-12/h3-9,15H,1-2H3,(H,14,16). The van der Waals surface area contributed by atoms with Gasteiger partial charge in [0.1, 0.15) is 6.04 Å². The average Bonchev–Trinajstić information content (AvgIpc) is 2.92. The predicted octanol–water partition coefficient (Wildman–Crippen LogP) is 2.05. The molecule has 0 bridgehead atoms. The Morgan fingerprint density at radius 1 is 1.33 bits per heavy atom. The molecule has 1 aromatic heterocycles. The molecule has 0 amide bonds. The van der Waals surface area contributed by atoms with E-state index < -0.39 is 0 Å². The van der Waals surface area contributed by atoms with Crippen molar-refractivity contribution >= 4 is 11.7 Å². The number of carbonyl (C=O) groups is 1. The number of aromatic nitrogens is 2. The molecule has 1 atom stereocenters. The molecule has 1 unspecified atom stereocenters. The predicted molar refractivity (Wildman–Crippen MR) is 69.1 cm³/mol. The summed E-state index contributed by atoms with van der Waals surface area (Å²) in [5.41, 5.74) is 2.88. The lowest BCUT2D eigenvalue weighted by molar-refractivity contribution is -0.141. The quantitative estimate of drug-likeness (QED) is 0.809. The highest BCUT2D eigenvalue weighted by atomic mass is 16.5. The maximum absolute atomic E-state index is 11.3. The second-order valence-corrected chi connectivity index (χ2v) is 3.94. The van der Waals surface area contributed by atoms with E-state index in [1.807, 2.05) is 30.3 Å². The van der Waals surface area contributed by atoms with Crippen LogP contribution in [0.15, 0.2) is 36.5 Å². The van der Waals surface area contributed by atoms with Crippen LogP contribution in [0.5, 0.6) is 0 Å². The van der Waals surface area contributed by atoms with E-state index in [2.05, 4.69) is 20.3 Å². The first-order chi connectivity index (χ1) is 8.70. The van der Waals surface area contributed by atoms with Crippen molar-refractivity contribution in [1.82, 2.24) is 10.2 Å². The zero-order valence-electron chi connectivity index (χ0n) is 10.3. The van der Waals surface area contributed by atoms with Crippen LogP contribution in [0.2, 0.25) is 0 Å². The molecule has 0 saturated heterocycles. The lowest BCUT2D eigenvalue weighted by Gasteiger charge is -2.12. The Morgan fingerprint density at radius 3 is 2.61 bits per heavy atom. The number of esters is 1. The third-order valence-electron chi connectivity index (χ3n) is 2.63. The molecule has 5 nitrogen and oxygen atoms in total. The van der Waals surface area contributed by atoms with E-state index in [9.17, 15) is 4.79 Å². The fourth-order valence-corrected chi connectivity index (χ4v) is 1.65. The Hall–Kier alpha value is -2.30. The molecule has 5 heteroatoms. The molecule has 0 radical (unpaired) electrons. The molecule has 0 aliphatic heterocycles.